The zero-order valence-electron chi connectivity index (χ0n) is 18.4. The molecule has 2 amide bonds. The third kappa shape index (κ3) is 3.96. The number of alkyl halides is 2. The molecule has 32 heavy (non-hydrogen) atoms. The van der Waals surface area contributed by atoms with Crippen LogP contribution in [0, 0.1) is 12.3 Å². The van der Waals surface area contributed by atoms with Crippen LogP contribution in [0.1, 0.15) is 24.0 Å². The number of carbonyl (C=O) groups is 1. The van der Waals surface area contributed by atoms with E-state index in [4.69, 9.17) is 4.74 Å². The Hall–Kier alpha value is -1.92. The number of benzene rings is 1. The molecule has 4 fully saturated rings. The maximum absolute atomic E-state index is 13.9. The summed E-state index contributed by atoms with van der Waals surface area (Å²) in [5.74, 6) is 0. The van der Waals surface area contributed by atoms with Gasteiger partial charge in [0.25, 0.3) is 5.66 Å². The minimum Gasteiger partial charge on any atom is -0.380 e. The van der Waals surface area contributed by atoms with Gasteiger partial charge in [-0.3, -0.25) is 0 Å². The highest BCUT2D eigenvalue weighted by Gasteiger charge is 2.50. The molecule has 0 aromatic heterocycles. The van der Waals surface area contributed by atoms with E-state index in [2.05, 4.69) is 16.8 Å². The van der Waals surface area contributed by atoms with E-state index < -0.39 is 5.66 Å². The van der Waals surface area contributed by atoms with Crippen molar-refractivity contribution in [1.29, 1.82) is 0 Å². The highest BCUT2D eigenvalue weighted by atomic mass is 31.0. The number of anilines is 1. The van der Waals surface area contributed by atoms with E-state index in [-0.39, 0.29) is 29.2 Å². The van der Waals surface area contributed by atoms with E-state index in [0.29, 0.717) is 25.3 Å². The largest absolute Gasteiger partial charge is 0.380 e. The second kappa shape index (κ2) is 7.84. The summed E-state index contributed by atoms with van der Waals surface area (Å²) in [6.07, 6.45) is 1.92. The zero-order chi connectivity index (χ0) is 22.7. The van der Waals surface area contributed by atoms with Crippen LogP contribution in [0.25, 0.3) is 0 Å². The molecule has 4 aliphatic heterocycles. The van der Waals surface area contributed by atoms with Gasteiger partial charge in [0.2, 0.25) is 0 Å². The van der Waals surface area contributed by atoms with Gasteiger partial charge in [0, 0.05) is 61.6 Å². The van der Waals surface area contributed by atoms with E-state index in [9.17, 15) is 13.6 Å². The summed E-state index contributed by atoms with van der Waals surface area (Å²) in [5, 5.41) is 3.38. The van der Waals surface area contributed by atoms with E-state index >= 15 is 0 Å². The average Bonchev–Trinajstić information content (AvgIpc) is 3.17. The predicted molar refractivity (Wildman–Crippen MR) is 123 cm³/mol. The molecule has 6 nitrogen and oxygen atoms in total. The topological polar surface area (TPSA) is 48.1 Å². The molecule has 3 atom stereocenters. The van der Waals surface area contributed by atoms with Crippen LogP contribution < -0.4 is 10.2 Å². The molecule has 1 aromatic rings. The molecule has 4 aliphatic rings. The SMILES string of the molecule is C=C1COC2CCN(C(=O)N3CCC4(C3)CN(c3ccc(C)c(C(F)(F)P)c3)C4)CC2N1. The van der Waals surface area contributed by atoms with Crippen molar-refractivity contribution < 1.29 is 18.3 Å². The fraction of sp³-hybridized carbons (Fsp3) is 0.609. The number of likely N-dealkylation sites (tertiary alicyclic amines) is 2. The molecule has 9 heteroatoms. The third-order valence-corrected chi connectivity index (χ3v) is 7.70. The van der Waals surface area contributed by atoms with Crippen molar-refractivity contribution in [2.24, 2.45) is 5.41 Å². The van der Waals surface area contributed by atoms with Gasteiger partial charge in [0.1, 0.15) is 0 Å². The molecule has 5 rings (SSSR count). The number of urea groups is 1. The summed E-state index contributed by atoms with van der Waals surface area (Å²) >= 11 is 0. The van der Waals surface area contributed by atoms with Crippen LogP contribution in [0.2, 0.25) is 0 Å². The summed E-state index contributed by atoms with van der Waals surface area (Å²) in [6, 6.07) is 5.48. The highest BCUT2D eigenvalue weighted by Crippen LogP contribution is 2.44. The molecule has 1 N–H and O–H groups in total. The second-order valence-corrected chi connectivity index (χ2v) is 10.6. The first-order valence-corrected chi connectivity index (χ1v) is 11.8. The number of amides is 2. The van der Waals surface area contributed by atoms with E-state index in [1.165, 1.54) is 0 Å². The summed E-state index contributed by atoms with van der Waals surface area (Å²) in [4.78, 5) is 19.2. The number of hydrogen-bond acceptors (Lipinski definition) is 4. The molecule has 0 saturated carbocycles. The predicted octanol–water partition coefficient (Wildman–Crippen LogP) is 3.13. The third-order valence-electron chi connectivity index (χ3n) is 7.39. The van der Waals surface area contributed by atoms with Crippen LogP contribution in [0.5, 0.6) is 0 Å². The number of fused-ring (bicyclic) bond motifs is 1. The van der Waals surface area contributed by atoms with Crippen LogP contribution in [0.3, 0.4) is 0 Å². The van der Waals surface area contributed by atoms with Gasteiger partial charge >= 0.3 is 6.03 Å². The Morgan fingerprint density at radius 2 is 2.06 bits per heavy atom. The van der Waals surface area contributed by atoms with Crippen molar-refractivity contribution in [2.75, 3.05) is 50.8 Å². The van der Waals surface area contributed by atoms with Crippen molar-refractivity contribution in [1.82, 2.24) is 15.1 Å². The minimum atomic E-state index is -2.93. The first kappa shape index (κ1) is 21.9. The van der Waals surface area contributed by atoms with Gasteiger partial charge in [-0.2, -0.15) is 8.78 Å². The Labute approximate surface area is 190 Å². The molecular formula is C23H31F2N4O2P. The van der Waals surface area contributed by atoms with Gasteiger partial charge in [-0.25, -0.2) is 4.79 Å². The molecule has 4 heterocycles. The van der Waals surface area contributed by atoms with Crippen molar-refractivity contribution in [3.63, 3.8) is 0 Å². The fourth-order valence-electron chi connectivity index (χ4n) is 5.62. The molecule has 0 bridgehead atoms. The highest BCUT2D eigenvalue weighted by molar-refractivity contribution is 7.17. The monoisotopic (exact) mass is 464 g/mol. The summed E-state index contributed by atoms with van der Waals surface area (Å²) in [7, 11) is 1.63. The summed E-state index contributed by atoms with van der Waals surface area (Å²) in [6.45, 7) is 10.6. The molecule has 1 spiro atoms. The normalized spacial score (nSPS) is 27.2. The minimum absolute atomic E-state index is 0.0514. The van der Waals surface area contributed by atoms with Gasteiger partial charge in [-0.1, -0.05) is 21.9 Å². The first-order valence-electron chi connectivity index (χ1n) is 11.3. The Kier molecular flexibility index (Phi) is 5.37. The number of carbonyl (C=O) groups excluding carboxylic acids is 1. The van der Waals surface area contributed by atoms with Crippen LogP contribution >= 0.6 is 9.24 Å². The Bertz CT molecular complexity index is 931. The number of ether oxygens (including phenoxy) is 1. The molecule has 174 valence electrons. The van der Waals surface area contributed by atoms with Crippen LogP contribution in [-0.4, -0.2) is 73.9 Å². The van der Waals surface area contributed by atoms with Crippen molar-refractivity contribution >= 4 is 21.0 Å². The number of nitrogens with one attached hydrogen (secondary N) is 1. The van der Waals surface area contributed by atoms with Crippen molar-refractivity contribution in [3.05, 3.63) is 41.6 Å². The second-order valence-electron chi connectivity index (χ2n) is 9.87. The fourth-order valence-corrected chi connectivity index (χ4v) is 5.93. The van der Waals surface area contributed by atoms with E-state index in [1.807, 2.05) is 15.9 Å². The molecule has 4 saturated heterocycles. The lowest BCUT2D eigenvalue weighted by Gasteiger charge is -2.50. The smallest absolute Gasteiger partial charge is 0.320 e. The number of rotatable bonds is 2. The lowest BCUT2D eigenvalue weighted by molar-refractivity contribution is -0.0222. The van der Waals surface area contributed by atoms with Crippen LogP contribution in [-0.2, 0) is 10.4 Å². The van der Waals surface area contributed by atoms with Gasteiger partial charge in [-0.05, 0) is 37.5 Å². The van der Waals surface area contributed by atoms with Gasteiger partial charge in [0.15, 0.2) is 0 Å². The summed E-state index contributed by atoms with van der Waals surface area (Å²) < 4.78 is 33.6. The van der Waals surface area contributed by atoms with E-state index in [0.717, 1.165) is 50.4 Å². The Morgan fingerprint density at radius 1 is 1.28 bits per heavy atom. The number of piperidine rings is 1. The Morgan fingerprint density at radius 3 is 2.81 bits per heavy atom. The quantitative estimate of drug-likeness (QED) is 0.684. The zero-order valence-corrected chi connectivity index (χ0v) is 19.6. The van der Waals surface area contributed by atoms with Gasteiger partial charge in [0.05, 0.1) is 18.8 Å². The average molecular weight is 464 g/mol. The lowest BCUT2D eigenvalue weighted by Crippen LogP contribution is -2.61. The summed E-state index contributed by atoms with van der Waals surface area (Å²) in [5.41, 5.74) is -0.537. The number of halogens is 2. The first-order chi connectivity index (χ1) is 15.1. The molecule has 1 aromatic carbocycles. The number of hydrogen-bond donors (Lipinski definition) is 1. The van der Waals surface area contributed by atoms with Crippen LogP contribution in [0.4, 0.5) is 19.3 Å². The van der Waals surface area contributed by atoms with Gasteiger partial charge < -0.3 is 24.8 Å². The van der Waals surface area contributed by atoms with Crippen molar-refractivity contribution in [2.45, 2.75) is 37.6 Å². The van der Waals surface area contributed by atoms with Crippen molar-refractivity contribution in [3.8, 4) is 0 Å². The number of nitrogens with zero attached hydrogens (tertiary/aromatic N) is 3. The van der Waals surface area contributed by atoms with Gasteiger partial charge in [-0.15, -0.1) is 0 Å². The maximum atomic E-state index is 13.9. The molecule has 0 aliphatic carbocycles. The van der Waals surface area contributed by atoms with E-state index in [1.54, 1.807) is 28.3 Å². The van der Waals surface area contributed by atoms with Crippen LogP contribution in [0.15, 0.2) is 30.5 Å². The molecule has 3 unspecified atom stereocenters. The maximum Gasteiger partial charge on any atom is 0.320 e. The Balaban J connectivity index is 1.19. The molecule has 0 radical (unpaired) electrons. The number of aryl methyl sites for hydroxylation is 1. The standard InChI is InChI=1S/C23H31F2N4O2P/c1-15-3-4-17(9-18(15)23(24,25)32)29-13-22(14-29)6-8-28(12-22)21(30)27-7-5-20-19(10-27)26-16(2)11-31-20/h3-4,9,19-20,26H,2,5-8,10-14,32H2,1H3. The number of morpholine rings is 1. The molecular weight excluding hydrogens is 433 g/mol. The lowest BCUT2D eigenvalue weighted by atomic mass is 9.78.